The van der Waals surface area contributed by atoms with Gasteiger partial charge in [0.15, 0.2) is 0 Å². The van der Waals surface area contributed by atoms with Gasteiger partial charge in [0.1, 0.15) is 0 Å². The van der Waals surface area contributed by atoms with E-state index in [1.54, 1.807) is 34.8 Å². The Morgan fingerprint density at radius 1 is 0.600 bits per heavy atom. The third-order valence-electron chi connectivity index (χ3n) is 3.93. The summed E-state index contributed by atoms with van der Waals surface area (Å²) in [5.74, 6) is -0.898. The minimum absolute atomic E-state index is 0.311. The summed E-state index contributed by atoms with van der Waals surface area (Å²) in [5, 5.41) is 9.00. The molecule has 2 nitrogen and oxygen atoms in total. The molecule has 0 aliphatic carbocycles. The molecule has 4 heteroatoms. The van der Waals surface area contributed by atoms with Crippen molar-refractivity contribution in [2.45, 2.75) is 0 Å². The summed E-state index contributed by atoms with van der Waals surface area (Å²) in [6.45, 7) is 0. The largest absolute Gasteiger partial charge is 0.478 e. The van der Waals surface area contributed by atoms with Crippen molar-refractivity contribution >= 4 is 28.6 Å². The second-order valence-electron chi connectivity index (χ2n) is 5.58. The second kappa shape index (κ2) is 6.67. The zero-order chi connectivity index (χ0) is 17.2. The number of aromatic carboxylic acids is 1. The van der Waals surface area contributed by atoms with E-state index in [2.05, 4.69) is 48.5 Å². The molecule has 0 aliphatic heterocycles. The van der Waals surface area contributed by atoms with Gasteiger partial charge in [-0.25, -0.2) is 4.79 Å². The highest BCUT2D eigenvalue weighted by molar-refractivity contribution is 7.25. The molecule has 0 amide bonds. The summed E-state index contributed by atoms with van der Waals surface area (Å²) in [5.41, 5.74) is 2.59. The van der Waals surface area contributed by atoms with Crippen molar-refractivity contribution in [3.63, 3.8) is 0 Å². The lowest BCUT2D eigenvalue weighted by molar-refractivity contribution is 0.0697. The van der Waals surface area contributed by atoms with Crippen molar-refractivity contribution < 1.29 is 9.90 Å². The van der Waals surface area contributed by atoms with Crippen LogP contribution in [-0.2, 0) is 0 Å². The highest BCUT2D eigenvalue weighted by Crippen LogP contribution is 2.40. The van der Waals surface area contributed by atoms with E-state index < -0.39 is 5.97 Å². The van der Waals surface area contributed by atoms with Crippen molar-refractivity contribution in [1.82, 2.24) is 0 Å². The first kappa shape index (κ1) is 15.8. The van der Waals surface area contributed by atoms with Gasteiger partial charge in [-0.1, -0.05) is 42.5 Å². The normalized spacial score (nSPS) is 10.7. The molecular formula is C21H14O2S2. The van der Waals surface area contributed by atoms with Crippen LogP contribution in [0.3, 0.4) is 0 Å². The minimum atomic E-state index is -0.898. The Bertz CT molecular complexity index is 1010. The Balaban J connectivity index is 1.61. The third-order valence-corrected chi connectivity index (χ3v) is 6.39. The lowest BCUT2D eigenvalue weighted by Crippen LogP contribution is -1.94. The van der Waals surface area contributed by atoms with Crippen molar-refractivity contribution in [2.24, 2.45) is 0 Å². The van der Waals surface area contributed by atoms with Gasteiger partial charge in [-0.2, -0.15) is 0 Å². The molecule has 2 heterocycles. The summed E-state index contributed by atoms with van der Waals surface area (Å²) < 4.78 is 0. The molecule has 0 unspecified atom stereocenters. The lowest BCUT2D eigenvalue weighted by Gasteiger charge is -1.98. The molecule has 0 saturated heterocycles. The van der Waals surface area contributed by atoms with Crippen LogP contribution in [0.1, 0.15) is 10.4 Å². The van der Waals surface area contributed by atoms with Crippen molar-refractivity contribution in [1.29, 1.82) is 0 Å². The van der Waals surface area contributed by atoms with Gasteiger partial charge in [0, 0.05) is 19.5 Å². The van der Waals surface area contributed by atoms with E-state index in [4.69, 9.17) is 5.11 Å². The number of rotatable bonds is 4. The van der Waals surface area contributed by atoms with E-state index in [-0.39, 0.29) is 0 Å². The van der Waals surface area contributed by atoms with Gasteiger partial charge in [0.25, 0.3) is 0 Å². The Labute approximate surface area is 153 Å². The average molecular weight is 362 g/mol. The summed E-state index contributed by atoms with van der Waals surface area (Å²) in [4.78, 5) is 15.8. The van der Waals surface area contributed by atoms with E-state index in [0.717, 1.165) is 10.4 Å². The number of hydrogen-bond donors (Lipinski definition) is 1. The molecule has 4 rings (SSSR count). The fraction of sp³-hybridized carbons (Fsp3) is 0. The molecule has 0 bridgehead atoms. The highest BCUT2D eigenvalue weighted by Gasteiger charge is 2.09. The van der Waals surface area contributed by atoms with E-state index in [9.17, 15) is 4.79 Å². The third kappa shape index (κ3) is 3.27. The van der Waals surface area contributed by atoms with Crippen LogP contribution in [0.4, 0.5) is 0 Å². The predicted octanol–water partition coefficient (Wildman–Crippen LogP) is 6.51. The zero-order valence-electron chi connectivity index (χ0n) is 13.2. The van der Waals surface area contributed by atoms with Crippen LogP contribution in [0.2, 0.25) is 0 Å². The van der Waals surface area contributed by atoms with Crippen LogP contribution in [0.25, 0.3) is 30.6 Å². The van der Waals surface area contributed by atoms with Crippen LogP contribution in [-0.4, -0.2) is 11.1 Å². The first-order valence-corrected chi connectivity index (χ1v) is 9.43. The number of hydrogen-bond acceptors (Lipinski definition) is 3. The molecule has 2 aromatic carbocycles. The first-order valence-electron chi connectivity index (χ1n) is 7.80. The number of benzene rings is 2. The van der Waals surface area contributed by atoms with Gasteiger partial charge >= 0.3 is 5.97 Å². The molecule has 0 fully saturated rings. The number of thiophene rings is 2. The summed E-state index contributed by atoms with van der Waals surface area (Å²) >= 11 is 3.51. The van der Waals surface area contributed by atoms with Crippen LogP contribution >= 0.6 is 22.7 Å². The predicted molar refractivity (Wildman–Crippen MR) is 105 cm³/mol. The monoisotopic (exact) mass is 362 g/mol. The second-order valence-corrected chi connectivity index (χ2v) is 7.74. The first-order chi connectivity index (χ1) is 12.2. The van der Waals surface area contributed by atoms with Gasteiger partial charge in [0.2, 0.25) is 0 Å². The molecule has 0 saturated carbocycles. The zero-order valence-corrected chi connectivity index (χ0v) is 14.8. The van der Waals surface area contributed by atoms with Gasteiger partial charge in [-0.15, -0.1) is 22.7 Å². The van der Waals surface area contributed by atoms with Gasteiger partial charge in [-0.05, 0) is 47.5 Å². The number of carbonyl (C=O) groups is 1. The Morgan fingerprint density at radius 2 is 1.08 bits per heavy atom. The maximum Gasteiger partial charge on any atom is 0.335 e. The van der Waals surface area contributed by atoms with E-state index in [1.165, 1.54) is 20.2 Å². The number of carboxylic acids is 1. The SMILES string of the molecule is O=C(O)c1ccc(-c2ccc(-c3ccc(-c4ccccc4)s3)s2)cc1. The molecule has 1 N–H and O–H groups in total. The van der Waals surface area contributed by atoms with Crippen molar-refractivity contribution in [2.75, 3.05) is 0 Å². The highest BCUT2D eigenvalue weighted by atomic mass is 32.1. The molecule has 0 aliphatic rings. The summed E-state index contributed by atoms with van der Waals surface area (Å²) in [6.07, 6.45) is 0. The Morgan fingerprint density at radius 3 is 1.60 bits per heavy atom. The van der Waals surface area contributed by atoms with Crippen LogP contribution in [0.15, 0.2) is 78.9 Å². The van der Waals surface area contributed by atoms with Gasteiger partial charge in [-0.3, -0.25) is 0 Å². The fourth-order valence-electron chi connectivity index (χ4n) is 2.63. The molecule has 122 valence electrons. The minimum Gasteiger partial charge on any atom is -0.478 e. The van der Waals surface area contributed by atoms with Crippen molar-refractivity contribution in [3.05, 3.63) is 84.4 Å². The topological polar surface area (TPSA) is 37.3 Å². The molecule has 4 aromatic rings. The molecular weight excluding hydrogens is 348 g/mol. The van der Waals surface area contributed by atoms with Gasteiger partial charge in [0.05, 0.1) is 5.56 Å². The maximum absolute atomic E-state index is 11.0. The summed E-state index contributed by atoms with van der Waals surface area (Å²) in [6, 6.07) is 26.0. The molecule has 0 atom stereocenters. The van der Waals surface area contributed by atoms with Crippen molar-refractivity contribution in [3.8, 4) is 30.6 Å². The molecule has 0 spiro atoms. The van der Waals surface area contributed by atoms with E-state index >= 15 is 0 Å². The molecule has 2 aromatic heterocycles. The average Bonchev–Trinajstić information content (AvgIpc) is 3.32. The Hall–Kier alpha value is -2.69. The van der Waals surface area contributed by atoms with E-state index in [1.807, 2.05) is 18.2 Å². The molecule has 0 radical (unpaired) electrons. The summed E-state index contributed by atoms with van der Waals surface area (Å²) in [7, 11) is 0. The van der Waals surface area contributed by atoms with E-state index in [0.29, 0.717) is 5.56 Å². The smallest absolute Gasteiger partial charge is 0.335 e. The van der Waals surface area contributed by atoms with Gasteiger partial charge < -0.3 is 5.11 Å². The maximum atomic E-state index is 11.0. The Kier molecular flexibility index (Phi) is 4.22. The fourth-order valence-corrected chi connectivity index (χ4v) is 4.74. The number of carboxylic acid groups (broad SMARTS) is 1. The van der Waals surface area contributed by atoms with Crippen LogP contribution in [0.5, 0.6) is 0 Å². The van der Waals surface area contributed by atoms with Crippen LogP contribution < -0.4 is 0 Å². The van der Waals surface area contributed by atoms with Crippen LogP contribution in [0, 0.1) is 0 Å². The lowest BCUT2D eigenvalue weighted by atomic mass is 10.1. The standard InChI is InChI=1S/C21H14O2S2/c22-21(23)16-8-6-15(7-9-16)18-11-13-20(25-18)19-12-10-17(24-19)14-4-2-1-3-5-14/h1-13H,(H,22,23). The molecule has 25 heavy (non-hydrogen) atoms. The quantitative estimate of drug-likeness (QED) is 0.449.